The van der Waals surface area contributed by atoms with Crippen LogP contribution in [0.4, 0.5) is 15.9 Å². The van der Waals surface area contributed by atoms with E-state index in [1.54, 1.807) is 12.4 Å². The Hall–Kier alpha value is -2.68. The van der Waals surface area contributed by atoms with Gasteiger partial charge in [-0.2, -0.15) is 5.26 Å². The minimum absolute atomic E-state index is 0.0823. The summed E-state index contributed by atoms with van der Waals surface area (Å²) >= 11 is 0. The van der Waals surface area contributed by atoms with Gasteiger partial charge in [0.2, 0.25) is 0 Å². The lowest BCUT2D eigenvalue weighted by Gasteiger charge is -2.36. The molecule has 0 unspecified atom stereocenters. The Bertz CT molecular complexity index is 717. The van der Waals surface area contributed by atoms with Crippen LogP contribution in [0.1, 0.15) is 11.3 Å². The second-order valence-electron chi connectivity index (χ2n) is 5.27. The Labute approximate surface area is 128 Å². The number of nitriles is 1. The van der Waals surface area contributed by atoms with Crippen LogP contribution in [-0.2, 0) is 0 Å². The largest absolute Gasteiger partial charge is 0.368 e. The number of halogens is 1. The van der Waals surface area contributed by atoms with Crippen molar-refractivity contribution in [3.63, 3.8) is 0 Å². The van der Waals surface area contributed by atoms with Crippen molar-refractivity contribution in [1.82, 2.24) is 9.97 Å². The summed E-state index contributed by atoms with van der Waals surface area (Å²) in [5.41, 5.74) is 1.84. The van der Waals surface area contributed by atoms with Crippen molar-refractivity contribution in [2.45, 2.75) is 6.92 Å². The molecule has 2 aromatic rings. The molecule has 0 aliphatic carbocycles. The molecule has 1 aliphatic heterocycles. The van der Waals surface area contributed by atoms with Crippen molar-refractivity contribution in [3.05, 3.63) is 47.7 Å². The first-order valence-electron chi connectivity index (χ1n) is 7.15. The molecule has 1 aromatic heterocycles. The molecule has 22 heavy (non-hydrogen) atoms. The molecular weight excluding hydrogens is 281 g/mol. The number of aryl methyl sites for hydroxylation is 1. The third-order valence-corrected chi connectivity index (χ3v) is 3.83. The lowest BCUT2D eigenvalue weighted by atomic mass is 10.2. The fourth-order valence-corrected chi connectivity index (χ4v) is 2.60. The fraction of sp³-hybridized carbons (Fsp3) is 0.312. The number of nitrogens with zero attached hydrogens (tertiary/aromatic N) is 5. The monoisotopic (exact) mass is 297 g/mol. The quantitative estimate of drug-likeness (QED) is 0.850. The zero-order valence-electron chi connectivity index (χ0n) is 12.3. The molecule has 3 rings (SSSR count). The third-order valence-electron chi connectivity index (χ3n) is 3.83. The van der Waals surface area contributed by atoms with E-state index in [1.165, 1.54) is 12.1 Å². The third kappa shape index (κ3) is 2.84. The van der Waals surface area contributed by atoms with Gasteiger partial charge in [-0.25, -0.2) is 14.4 Å². The van der Waals surface area contributed by atoms with Gasteiger partial charge in [0.1, 0.15) is 24.0 Å². The Balaban J connectivity index is 1.69. The van der Waals surface area contributed by atoms with Crippen LogP contribution >= 0.6 is 0 Å². The number of hydrogen-bond donors (Lipinski definition) is 0. The van der Waals surface area contributed by atoms with E-state index in [9.17, 15) is 4.39 Å². The molecule has 0 bridgehead atoms. The summed E-state index contributed by atoms with van der Waals surface area (Å²) in [7, 11) is 0. The minimum atomic E-state index is -0.464. The molecule has 0 saturated carbocycles. The Morgan fingerprint density at radius 3 is 2.45 bits per heavy atom. The molecule has 0 amide bonds. The predicted octanol–water partition coefficient (Wildman–Crippen LogP) is 2.12. The molecule has 1 aromatic carbocycles. The van der Waals surface area contributed by atoms with Crippen LogP contribution in [0.5, 0.6) is 0 Å². The molecule has 112 valence electrons. The number of anilines is 2. The van der Waals surface area contributed by atoms with Crippen LogP contribution < -0.4 is 9.80 Å². The molecule has 1 aliphatic rings. The highest BCUT2D eigenvalue weighted by Crippen LogP contribution is 2.21. The maximum Gasteiger partial charge on any atom is 0.143 e. The van der Waals surface area contributed by atoms with E-state index in [0.29, 0.717) is 0 Å². The summed E-state index contributed by atoms with van der Waals surface area (Å²) in [5, 5.41) is 8.78. The highest BCUT2D eigenvalue weighted by molar-refractivity contribution is 5.52. The second-order valence-corrected chi connectivity index (χ2v) is 5.27. The first kappa shape index (κ1) is 14.3. The van der Waals surface area contributed by atoms with Crippen molar-refractivity contribution in [3.8, 4) is 6.07 Å². The molecule has 0 N–H and O–H groups in total. The van der Waals surface area contributed by atoms with Gasteiger partial charge < -0.3 is 9.80 Å². The number of hydrogen-bond acceptors (Lipinski definition) is 5. The van der Waals surface area contributed by atoms with Crippen molar-refractivity contribution in [2.24, 2.45) is 0 Å². The average Bonchev–Trinajstić information content (AvgIpc) is 2.55. The molecule has 1 fully saturated rings. The van der Waals surface area contributed by atoms with Crippen LogP contribution in [0, 0.1) is 24.1 Å². The lowest BCUT2D eigenvalue weighted by Crippen LogP contribution is -2.46. The van der Waals surface area contributed by atoms with E-state index in [4.69, 9.17) is 5.26 Å². The lowest BCUT2D eigenvalue weighted by molar-refractivity contribution is 0.616. The molecule has 5 nitrogen and oxygen atoms in total. The first-order valence-corrected chi connectivity index (χ1v) is 7.15. The van der Waals surface area contributed by atoms with Crippen molar-refractivity contribution in [2.75, 3.05) is 36.0 Å². The van der Waals surface area contributed by atoms with Crippen LogP contribution in [0.25, 0.3) is 0 Å². The summed E-state index contributed by atoms with van der Waals surface area (Å²) in [6.45, 7) is 5.15. The maximum absolute atomic E-state index is 13.7. The Morgan fingerprint density at radius 1 is 1.09 bits per heavy atom. The van der Waals surface area contributed by atoms with E-state index in [1.807, 2.05) is 19.1 Å². The summed E-state index contributed by atoms with van der Waals surface area (Å²) < 4.78 is 13.7. The van der Waals surface area contributed by atoms with Gasteiger partial charge in [0.05, 0.1) is 5.56 Å². The van der Waals surface area contributed by atoms with Gasteiger partial charge >= 0.3 is 0 Å². The van der Waals surface area contributed by atoms with Crippen LogP contribution in [0.3, 0.4) is 0 Å². The number of piperazine rings is 1. The zero-order valence-corrected chi connectivity index (χ0v) is 12.3. The normalized spacial score (nSPS) is 14.8. The highest BCUT2D eigenvalue weighted by atomic mass is 19.1. The van der Waals surface area contributed by atoms with E-state index in [2.05, 4.69) is 19.8 Å². The summed E-state index contributed by atoms with van der Waals surface area (Å²) in [5.74, 6) is 0.465. The summed E-state index contributed by atoms with van der Waals surface area (Å²) in [6.07, 6.45) is 1.58. The predicted molar refractivity (Wildman–Crippen MR) is 82.3 cm³/mol. The van der Waals surface area contributed by atoms with Crippen LogP contribution in [-0.4, -0.2) is 36.1 Å². The molecule has 0 atom stereocenters. The van der Waals surface area contributed by atoms with Gasteiger partial charge in [0, 0.05) is 43.6 Å². The SMILES string of the molecule is Cc1cc(N2CCN(c3ccc(C#N)c(F)c3)CC2)ncn1. The molecule has 6 heteroatoms. The first-order chi connectivity index (χ1) is 10.7. The molecule has 0 radical (unpaired) electrons. The maximum atomic E-state index is 13.7. The molecule has 2 heterocycles. The van der Waals surface area contributed by atoms with Crippen molar-refractivity contribution in [1.29, 1.82) is 5.26 Å². The standard InChI is InChI=1S/C16H16FN5/c1-12-8-16(20-11-19-12)22-6-4-21(5-7-22)14-3-2-13(10-18)15(17)9-14/h2-3,8-9,11H,4-7H2,1H3. The van der Waals surface area contributed by atoms with Crippen molar-refractivity contribution >= 4 is 11.5 Å². The average molecular weight is 297 g/mol. The van der Waals surface area contributed by atoms with Gasteiger partial charge in [0.15, 0.2) is 0 Å². The molecule has 1 saturated heterocycles. The number of benzene rings is 1. The zero-order chi connectivity index (χ0) is 15.5. The summed E-state index contributed by atoms with van der Waals surface area (Å²) in [4.78, 5) is 12.7. The number of aromatic nitrogens is 2. The van der Waals surface area contributed by atoms with E-state index < -0.39 is 5.82 Å². The van der Waals surface area contributed by atoms with Gasteiger partial charge in [0.25, 0.3) is 0 Å². The van der Waals surface area contributed by atoms with Gasteiger partial charge in [-0.3, -0.25) is 0 Å². The molecular formula is C16H16FN5. The van der Waals surface area contributed by atoms with Crippen LogP contribution in [0.15, 0.2) is 30.6 Å². The topological polar surface area (TPSA) is 56.0 Å². The fourth-order valence-electron chi connectivity index (χ4n) is 2.60. The van der Waals surface area contributed by atoms with Gasteiger partial charge in [-0.15, -0.1) is 0 Å². The number of rotatable bonds is 2. The van der Waals surface area contributed by atoms with Crippen LogP contribution in [0.2, 0.25) is 0 Å². The molecule has 0 spiro atoms. The highest BCUT2D eigenvalue weighted by Gasteiger charge is 2.19. The Morgan fingerprint density at radius 2 is 1.82 bits per heavy atom. The van der Waals surface area contributed by atoms with E-state index in [0.717, 1.165) is 43.4 Å². The second kappa shape index (κ2) is 5.98. The Kier molecular flexibility index (Phi) is 3.88. The van der Waals surface area contributed by atoms with E-state index in [-0.39, 0.29) is 5.56 Å². The van der Waals surface area contributed by atoms with Gasteiger partial charge in [-0.05, 0) is 25.1 Å². The van der Waals surface area contributed by atoms with Crippen molar-refractivity contribution < 1.29 is 4.39 Å². The minimum Gasteiger partial charge on any atom is -0.368 e. The summed E-state index contributed by atoms with van der Waals surface area (Å²) in [6, 6.07) is 8.58. The van der Waals surface area contributed by atoms with E-state index >= 15 is 0 Å². The van der Waals surface area contributed by atoms with Gasteiger partial charge in [-0.1, -0.05) is 0 Å². The smallest absolute Gasteiger partial charge is 0.143 e.